The second-order valence-electron chi connectivity index (χ2n) is 6.43. The summed E-state index contributed by atoms with van der Waals surface area (Å²) in [7, 11) is 0. The van der Waals surface area contributed by atoms with Crippen LogP contribution in [0.2, 0.25) is 0 Å². The Labute approximate surface area is 164 Å². The van der Waals surface area contributed by atoms with Crippen molar-refractivity contribution >= 4 is 23.3 Å². The smallest absolute Gasteiger partial charge is 0.338 e. The van der Waals surface area contributed by atoms with Crippen LogP contribution in [0.25, 0.3) is 0 Å². The quantitative estimate of drug-likeness (QED) is 0.408. The van der Waals surface area contributed by atoms with E-state index in [1.807, 2.05) is 0 Å². The number of rotatable bonds is 6. The zero-order valence-corrected chi connectivity index (χ0v) is 15.1. The summed E-state index contributed by atoms with van der Waals surface area (Å²) in [6.07, 6.45) is 0.434. The summed E-state index contributed by atoms with van der Waals surface area (Å²) in [4.78, 5) is 44.8. The molecule has 3 rings (SSSR count). The third-order valence-electron chi connectivity index (χ3n) is 4.54. The van der Waals surface area contributed by atoms with E-state index in [0.29, 0.717) is 19.3 Å². The van der Waals surface area contributed by atoms with Crippen molar-refractivity contribution in [1.29, 1.82) is 0 Å². The van der Waals surface area contributed by atoms with Gasteiger partial charge in [0.2, 0.25) is 0 Å². The van der Waals surface area contributed by atoms with Crippen molar-refractivity contribution in [3.8, 4) is 0 Å². The summed E-state index contributed by atoms with van der Waals surface area (Å²) in [5, 5.41) is 21.4. The van der Waals surface area contributed by atoms with Crippen LogP contribution in [-0.2, 0) is 9.47 Å². The molecule has 0 aromatic heterocycles. The van der Waals surface area contributed by atoms with Crippen molar-refractivity contribution in [1.82, 2.24) is 0 Å². The van der Waals surface area contributed by atoms with Crippen LogP contribution in [0.1, 0.15) is 40.0 Å². The maximum Gasteiger partial charge on any atom is 0.338 e. The minimum Gasteiger partial charge on any atom is -0.455 e. The first-order chi connectivity index (χ1) is 13.8. The first kappa shape index (κ1) is 19.9. The number of hydrogen-bond acceptors (Lipinski definition) is 8. The van der Waals surface area contributed by atoms with Crippen LogP contribution in [-0.4, -0.2) is 34.0 Å². The van der Waals surface area contributed by atoms with Gasteiger partial charge in [-0.05, 0) is 43.5 Å². The van der Waals surface area contributed by atoms with Crippen molar-refractivity contribution in [3.63, 3.8) is 0 Å². The minimum atomic E-state index is -0.664. The molecule has 10 heteroatoms. The molecule has 0 spiro atoms. The monoisotopic (exact) mass is 400 g/mol. The van der Waals surface area contributed by atoms with Crippen LogP contribution < -0.4 is 0 Å². The Hall–Kier alpha value is -3.82. The fourth-order valence-corrected chi connectivity index (χ4v) is 3.01. The molecule has 150 valence electrons. The molecule has 0 saturated heterocycles. The van der Waals surface area contributed by atoms with Crippen molar-refractivity contribution in [2.75, 3.05) is 0 Å². The van der Waals surface area contributed by atoms with Gasteiger partial charge in [-0.1, -0.05) is 0 Å². The van der Waals surface area contributed by atoms with Crippen LogP contribution in [0.5, 0.6) is 0 Å². The number of nitrogens with zero attached hydrogens (tertiary/aromatic N) is 2. The minimum absolute atomic E-state index is 0.141. The highest BCUT2D eigenvalue weighted by Crippen LogP contribution is 2.27. The largest absolute Gasteiger partial charge is 0.455 e. The van der Waals surface area contributed by atoms with Crippen molar-refractivity contribution in [2.45, 2.75) is 31.5 Å². The Bertz CT molecular complexity index is 862. The normalized spacial score (nSPS) is 18.1. The van der Waals surface area contributed by atoms with Crippen molar-refractivity contribution < 1.29 is 28.9 Å². The van der Waals surface area contributed by atoms with E-state index < -0.39 is 34.0 Å². The fraction of sp³-hybridized carbons (Fsp3) is 0.263. The van der Waals surface area contributed by atoms with Gasteiger partial charge in [0.25, 0.3) is 11.4 Å². The van der Waals surface area contributed by atoms with Gasteiger partial charge in [0.1, 0.15) is 12.2 Å². The molecule has 0 unspecified atom stereocenters. The molecule has 0 N–H and O–H groups in total. The molecule has 1 fully saturated rings. The van der Waals surface area contributed by atoms with Gasteiger partial charge < -0.3 is 9.47 Å². The molecular weight excluding hydrogens is 384 g/mol. The number of carbonyl (C=O) groups is 2. The van der Waals surface area contributed by atoms with E-state index in [-0.39, 0.29) is 22.5 Å². The van der Waals surface area contributed by atoms with Crippen molar-refractivity contribution in [3.05, 3.63) is 79.9 Å². The van der Waals surface area contributed by atoms with Gasteiger partial charge in [-0.2, -0.15) is 0 Å². The van der Waals surface area contributed by atoms with Crippen LogP contribution in [0.4, 0.5) is 11.4 Å². The van der Waals surface area contributed by atoms with E-state index in [4.69, 9.17) is 9.47 Å². The number of benzene rings is 2. The number of ether oxygens (including phenoxy) is 2. The highest BCUT2D eigenvalue weighted by molar-refractivity contribution is 5.90. The van der Waals surface area contributed by atoms with Crippen molar-refractivity contribution in [2.24, 2.45) is 0 Å². The topological polar surface area (TPSA) is 139 Å². The highest BCUT2D eigenvalue weighted by atomic mass is 16.6. The summed E-state index contributed by atoms with van der Waals surface area (Å²) < 4.78 is 10.8. The lowest BCUT2D eigenvalue weighted by atomic mass is 10.2. The van der Waals surface area contributed by atoms with Crippen LogP contribution in [0.3, 0.4) is 0 Å². The summed E-state index contributed by atoms with van der Waals surface area (Å²) >= 11 is 0. The number of non-ortho nitro benzene ring substituents is 2. The molecule has 0 heterocycles. The lowest BCUT2D eigenvalue weighted by molar-refractivity contribution is -0.385. The number of hydrogen-bond donors (Lipinski definition) is 0. The molecule has 1 aliphatic rings. The molecule has 1 aliphatic carbocycles. The Morgan fingerprint density at radius 1 is 0.724 bits per heavy atom. The SMILES string of the molecule is O=C(O[C@H]1CCC[C@@H]1OC(=O)c1ccc([N+](=O)[O-])cc1)c1ccc([N+](=O)[O-])cc1. The summed E-state index contributed by atoms with van der Waals surface area (Å²) in [6.45, 7) is 0. The molecule has 0 amide bonds. The number of esters is 2. The molecule has 0 radical (unpaired) electrons. The summed E-state index contributed by atoms with van der Waals surface area (Å²) in [5.41, 5.74) is 0.0283. The van der Waals surface area contributed by atoms with Gasteiger partial charge in [-0.25, -0.2) is 9.59 Å². The first-order valence-electron chi connectivity index (χ1n) is 8.76. The number of carbonyl (C=O) groups excluding carboxylic acids is 2. The second kappa shape index (κ2) is 8.46. The highest BCUT2D eigenvalue weighted by Gasteiger charge is 2.34. The zero-order chi connectivity index (χ0) is 21.0. The lowest BCUT2D eigenvalue weighted by Crippen LogP contribution is -2.30. The third kappa shape index (κ3) is 4.72. The van der Waals surface area contributed by atoms with Crippen LogP contribution in [0.15, 0.2) is 48.5 Å². The van der Waals surface area contributed by atoms with Gasteiger partial charge in [-0.15, -0.1) is 0 Å². The van der Waals surface area contributed by atoms with Gasteiger partial charge >= 0.3 is 11.9 Å². The van der Waals surface area contributed by atoms with E-state index in [1.165, 1.54) is 48.5 Å². The molecule has 1 saturated carbocycles. The molecule has 29 heavy (non-hydrogen) atoms. The standard InChI is InChI=1S/C19H16N2O8/c22-18(12-4-8-14(9-5-12)20(24)25)28-16-2-1-3-17(16)29-19(23)13-6-10-15(11-7-13)21(26)27/h4-11,16-17H,1-3H2/t16-,17-/m0/s1. The van der Waals surface area contributed by atoms with Crippen LogP contribution >= 0.6 is 0 Å². The Morgan fingerprint density at radius 2 is 1.07 bits per heavy atom. The predicted octanol–water partition coefficient (Wildman–Crippen LogP) is 3.44. The van der Waals surface area contributed by atoms with Gasteiger partial charge in [0, 0.05) is 24.3 Å². The van der Waals surface area contributed by atoms with Gasteiger partial charge in [0.05, 0.1) is 21.0 Å². The molecule has 10 nitrogen and oxygen atoms in total. The molecule has 0 aliphatic heterocycles. The lowest BCUT2D eigenvalue weighted by Gasteiger charge is -2.20. The van der Waals surface area contributed by atoms with Crippen LogP contribution in [0, 0.1) is 20.2 Å². The van der Waals surface area contributed by atoms with E-state index in [0.717, 1.165) is 0 Å². The first-order valence-corrected chi connectivity index (χ1v) is 8.76. The Morgan fingerprint density at radius 3 is 1.38 bits per heavy atom. The van der Waals surface area contributed by atoms with E-state index >= 15 is 0 Å². The average molecular weight is 400 g/mol. The van der Waals surface area contributed by atoms with Gasteiger partial charge in [-0.3, -0.25) is 20.2 Å². The predicted molar refractivity (Wildman–Crippen MR) is 98.5 cm³/mol. The fourth-order valence-electron chi connectivity index (χ4n) is 3.01. The Balaban J connectivity index is 1.61. The second-order valence-corrected chi connectivity index (χ2v) is 6.43. The number of nitro benzene ring substituents is 2. The molecular formula is C19H16N2O8. The summed E-state index contributed by atoms with van der Waals surface area (Å²) in [6, 6.07) is 10.0. The molecule has 2 aromatic carbocycles. The number of nitro groups is 2. The maximum absolute atomic E-state index is 12.3. The van der Waals surface area contributed by atoms with E-state index in [9.17, 15) is 29.8 Å². The molecule has 2 atom stereocenters. The third-order valence-corrected chi connectivity index (χ3v) is 4.54. The van der Waals surface area contributed by atoms with E-state index in [2.05, 4.69) is 0 Å². The average Bonchev–Trinajstić information content (AvgIpc) is 3.14. The Kier molecular flexibility index (Phi) is 5.82. The molecule has 0 bridgehead atoms. The molecule has 2 aromatic rings. The van der Waals surface area contributed by atoms with Gasteiger partial charge in [0.15, 0.2) is 0 Å². The zero-order valence-electron chi connectivity index (χ0n) is 15.1. The maximum atomic E-state index is 12.3. The van der Waals surface area contributed by atoms with E-state index in [1.54, 1.807) is 0 Å². The summed E-state index contributed by atoms with van der Waals surface area (Å²) in [5.74, 6) is -1.33.